The number of aromatic nitrogens is 4. The third kappa shape index (κ3) is 4.47. The first-order chi connectivity index (χ1) is 15.9. The molecule has 1 aromatic carbocycles. The molecule has 0 unspecified atom stereocenters. The maximum Gasteiger partial charge on any atom is 0.264 e. The van der Waals surface area contributed by atoms with Crippen molar-refractivity contribution in [1.29, 1.82) is 0 Å². The van der Waals surface area contributed by atoms with Gasteiger partial charge in [-0.2, -0.15) is 0 Å². The van der Waals surface area contributed by atoms with E-state index in [4.69, 9.17) is 0 Å². The van der Waals surface area contributed by atoms with E-state index in [-0.39, 0.29) is 18.8 Å². The van der Waals surface area contributed by atoms with Gasteiger partial charge in [-0.25, -0.2) is 19.3 Å². The predicted molar refractivity (Wildman–Crippen MR) is 125 cm³/mol. The minimum atomic E-state index is -1.89. The number of likely N-dealkylation sites (tertiary alicyclic amines) is 1. The van der Waals surface area contributed by atoms with Crippen molar-refractivity contribution in [1.82, 2.24) is 29.7 Å². The van der Waals surface area contributed by atoms with Crippen LogP contribution in [0.4, 0.5) is 10.3 Å². The van der Waals surface area contributed by atoms with Gasteiger partial charge in [0.05, 0.1) is 24.0 Å². The van der Waals surface area contributed by atoms with Crippen LogP contribution < -0.4 is 10.6 Å². The van der Waals surface area contributed by atoms with E-state index < -0.39 is 11.6 Å². The van der Waals surface area contributed by atoms with Crippen molar-refractivity contribution in [2.24, 2.45) is 5.92 Å². The van der Waals surface area contributed by atoms with Crippen LogP contribution in [0, 0.1) is 5.92 Å². The van der Waals surface area contributed by atoms with Crippen LogP contribution in [0.15, 0.2) is 30.6 Å². The van der Waals surface area contributed by atoms with Crippen molar-refractivity contribution in [3.8, 4) is 11.3 Å². The van der Waals surface area contributed by atoms with Crippen LogP contribution >= 0.6 is 0 Å². The third-order valence-electron chi connectivity index (χ3n) is 6.52. The Balaban J connectivity index is 1.33. The fourth-order valence-electron chi connectivity index (χ4n) is 4.72. The van der Waals surface area contributed by atoms with E-state index in [1.54, 1.807) is 6.20 Å². The number of benzene rings is 1. The van der Waals surface area contributed by atoms with Crippen LogP contribution in [0.25, 0.3) is 22.2 Å². The van der Waals surface area contributed by atoms with Crippen LogP contribution in [-0.2, 0) is 17.9 Å². The molecule has 0 aliphatic carbocycles. The highest BCUT2D eigenvalue weighted by Crippen LogP contribution is 2.29. The summed E-state index contributed by atoms with van der Waals surface area (Å²) in [6.45, 7) is 8.89. The smallest absolute Gasteiger partial charge is 0.264 e. The lowest BCUT2D eigenvalue weighted by Gasteiger charge is -2.35. The normalized spacial score (nSPS) is 18.4. The van der Waals surface area contributed by atoms with Crippen LogP contribution in [0.3, 0.4) is 0 Å². The topological polar surface area (TPSA) is 88.0 Å². The Morgan fingerprint density at radius 3 is 2.82 bits per heavy atom. The van der Waals surface area contributed by atoms with Gasteiger partial charge in [0.25, 0.3) is 5.91 Å². The van der Waals surface area contributed by atoms with E-state index in [1.807, 2.05) is 24.4 Å². The van der Waals surface area contributed by atoms with E-state index in [9.17, 15) is 4.79 Å². The molecular formula is C24H30FN7O. The van der Waals surface area contributed by atoms with E-state index in [0.29, 0.717) is 24.5 Å². The Kier molecular flexibility index (Phi) is 5.84. The monoisotopic (exact) mass is 451 g/mol. The molecule has 0 bridgehead atoms. The van der Waals surface area contributed by atoms with Gasteiger partial charge in [0, 0.05) is 62.7 Å². The summed E-state index contributed by atoms with van der Waals surface area (Å²) in [6, 6.07) is 5.95. The number of amides is 1. The van der Waals surface area contributed by atoms with E-state index in [1.165, 1.54) is 0 Å². The van der Waals surface area contributed by atoms with Crippen molar-refractivity contribution in [2.45, 2.75) is 45.4 Å². The second-order valence-electron chi connectivity index (χ2n) is 9.47. The number of carbonyl (C=O) groups is 1. The van der Waals surface area contributed by atoms with Gasteiger partial charge in [-0.05, 0) is 12.0 Å². The molecule has 0 saturated carbocycles. The number of carbonyl (C=O) groups excluding carboxylic acids is 1. The minimum Gasteiger partial charge on any atom is -0.326 e. The van der Waals surface area contributed by atoms with E-state index in [2.05, 4.69) is 48.9 Å². The average molecular weight is 452 g/mol. The first kappa shape index (κ1) is 21.9. The summed E-state index contributed by atoms with van der Waals surface area (Å²) in [5.41, 5.74) is 0.840. The lowest BCUT2D eigenvalue weighted by atomic mass is 9.92. The summed E-state index contributed by atoms with van der Waals surface area (Å²) in [4.78, 5) is 28.3. The molecule has 2 aromatic heterocycles. The molecule has 0 spiro atoms. The summed E-state index contributed by atoms with van der Waals surface area (Å²) < 4.78 is 17.6. The fourth-order valence-corrected chi connectivity index (χ4v) is 4.72. The molecule has 3 aromatic rings. The highest BCUT2D eigenvalue weighted by molar-refractivity contribution is 5.96. The molecule has 1 saturated heterocycles. The number of imidazole rings is 1. The quantitative estimate of drug-likeness (QED) is 0.620. The fraction of sp³-hybridized carbons (Fsp3) is 0.500. The molecule has 2 aliphatic heterocycles. The second-order valence-corrected chi connectivity index (χ2v) is 9.47. The van der Waals surface area contributed by atoms with Crippen molar-refractivity contribution >= 4 is 22.8 Å². The molecule has 1 fully saturated rings. The Labute approximate surface area is 192 Å². The molecule has 8 nitrogen and oxygen atoms in total. The number of halogens is 1. The SMILES string of the molecule is CC(C)CN1CCC(F)(C(=O)Nc2ncc3ccc(-c4cnc5n4CCNC5)cc3n2)CC1. The lowest BCUT2D eigenvalue weighted by Crippen LogP contribution is -2.49. The van der Waals surface area contributed by atoms with Crippen LogP contribution in [-0.4, -0.2) is 62.2 Å². The number of hydrogen-bond acceptors (Lipinski definition) is 6. The first-order valence-corrected chi connectivity index (χ1v) is 11.7. The predicted octanol–water partition coefficient (Wildman–Crippen LogP) is 3.00. The maximum atomic E-state index is 15.4. The van der Waals surface area contributed by atoms with Crippen molar-refractivity contribution < 1.29 is 9.18 Å². The zero-order chi connectivity index (χ0) is 23.0. The molecule has 33 heavy (non-hydrogen) atoms. The second kappa shape index (κ2) is 8.79. The summed E-state index contributed by atoms with van der Waals surface area (Å²) >= 11 is 0. The highest BCUT2D eigenvalue weighted by atomic mass is 19.1. The van der Waals surface area contributed by atoms with Crippen LogP contribution in [0.5, 0.6) is 0 Å². The van der Waals surface area contributed by atoms with E-state index in [0.717, 1.165) is 48.6 Å². The molecular weight excluding hydrogens is 421 g/mol. The lowest BCUT2D eigenvalue weighted by molar-refractivity contribution is -0.130. The van der Waals surface area contributed by atoms with Gasteiger partial charge in [0.1, 0.15) is 5.82 Å². The average Bonchev–Trinajstić information content (AvgIpc) is 3.24. The number of rotatable bonds is 5. The van der Waals surface area contributed by atoms with Gasteiger partial charge in [0.2, 0.25) is 5.95 Å². The summed E-state index contributed by atoms with van der Waals surface area (Å²) in [6.07, 6.45) is 3.91. The number of nitrogens with one attached hydrogen (secondary N) is 2. The molecule has 174 valence electrons. The number of anilines is 1. The van der Waals surface area contributed by atoms with Gasteiger partial charge < -0.3 is 14.8 Å². The van der Waals surface area contributed by atoms with E-state index >= 15 is 4.39 Å². The number of alkyl halides is 1. The summed E-state index contributed by atoms with van der Waals surface area (Å²) in [7, 11) is 0. The molecule has 5 rings (SSSR count). The van der Waals surface area contributed by atoms with Crippen molar-refractivity contribution in [3.63, 3.8) is 0 Å². The van der Waals surface area contributed by atoms with Gasteiger partial charge in [-0.3, -0.25) is 10.1 Å². The summed E-state index contributed by atoms with van der Waals surface area (Å²) in [5, 5.41) is 6.80. The van der Waals surface area contributed by atoms with Crippen LogP contribution in [0.2, 0.25) is 0 Å². The molecule has 2 N–H and O–H groups in total. The van der Waals surface area contributed by atoms with Gasteiger partial charge in [-0.15, -0.1) is 0 Å². The zero-order valence-corrected chi connectivity index (χ0v) is 19.1. The Hall–Kier alpha value is -2.91. The molecule has 2 aliphatic rings. The van der Waals surface area contributed by atoms with Gasteiger partial charge in [-0.1, -0.05) is 26.0 Å². The van der Waals surface area contributed by atoms with Gasteiger partial charge >= 0.3 is 0 Å². The molecule has 0 radical (unpaired) electrons. The Bertz CT molecular complexity index is 1170. The van der Waals surface area contributed by atoms with Gasteiger partial charge in [0.15, 0.2) is 5.67 Å². The molecule has 0 atom stereocenters. The third-order valence-corrected chi connectivity index (χ3v) is 6.52. The van der Waals surface area contributed by atoms with Crippen molar-refractivity contribution in [2.75, 3.05) is 31.5 Å². The Morgan fingerprint density at radius 2 is 2.03 bits per heavy atom. The first-order valence-electron chi connectivity index (χ1n) is 11.7. The van der Waals surface area contributed by atoms with Crippen molar-refractivity contribution in [3.05, 3.63) is 36.4 Å². The minimum absolute atomic E-state index is 0.130. The standard InChI is InChI=1S/C24H30FN7O/c1-16(2)15-31-8-5-24(25,6-9-31)22(33)30-23-28-12-18-4-3-17(11-19(18)29-23)20-13-27-21-14-26-7-10-32(20)21/h3-4,11-13,16,26H,5-10,14-15H2,1-2H3,(H,28,29,30,33). The highest BCUT2D eigenvalue weighted by Gasteiger charge is 2.42. The maximum absolute atomic E-state index is 15.4. The number of nitrogens with zero attached hydrogens (tertiary/aromatic N) is 5. The molecule has 4 heterocycles. The molecule has 9 heteroatoms. The molecule has 1 amide bonds. The summed E-state index contributed by atoms with van der Waals surface area (Å²) in [5.74, 6) is 1.01. The van der Waals surface area contributed by atoms with Crippen LogP contribution in [0.1, 0.15) is 32.5 Å². The Morgan fingerprint density at radius 1 is 1.21 bits per heavy atom. The number of fused-ring (bicyclic) bond motifs is 2. The number of piperidine rings is 1. The largest absolute Gasteiger partial charge is 0.326 e. The number of hydrogen-bond donors (Lipinski definition) is 2. The zero-order valence-electron chi connectivity index (χ0n) is 19.1.